The van der Waals surface area contributed by atoms with Gasteiger partial charge < -0.3 is 15.3 Å². The Kier molecular flexibility index (Phi) is 3.93. The average Bonchev–Trinajstić information content (AvgIpc) is 2.64. The Bertz CT molecular complexity index is 804. The highest BCUT2D eigenvalue weighted by Crippen LogP contribution is 2.37. The van der Waals surface area contributed by atoms with Crippen molar-refractivity contribution < 1.29 is 5.11 Å². The van der Waals surface area contributed by atoms with Gasteiger partial charge in [0.25, 0.3) is 0 Å². The highest BCUT2D eigenvalue weighted by molar-refractivity contribution is 5.62. The van der Waals surface area contributed by atoms with E-state index in [0.717, 1.165) is 23.4 Å². The average molecular weight is 316 g/mol. The molecule has 0 radical (unpaired) electrons. The first-order valence-electron chi connectivity index (χ1n) is 8.24. The summed E-state index contributed by atoms with van der Waals surface area (Å²) >= 11 is 0. The quantitative estimate of drug-likeness (QED) is 0.761. The predicted molar refractivity (Wildman–Crippen MR) is 97.9 cm³/mol. The van der Waals surface area contributed by atoms with Crippen LogP contribution in [-0.2, 0) is 6.42 Å². The molecule has 1 aliphatic heterocycles. The van der Waals surface area contributed by atoms with E-state index in [4.69, 9.17) is 0 Å². The van der Waals surface area contributed by atoms with Gasteiger partial charge in [0.1, 0.15) is 6.17 Å². The van der Waals surface area contributed by atoms with E-state index in [1.807, 2.05) is 60.7 Å². The van der Waals surface area contributed by atoms with Crippen molar-refractivity contribution in [3.8, 4) is 0 Å². The number of hydrogen-bond donors (Lipinski definition) is 2. The SMILES string of the molecule is OC1c2ccccc2NC(Cc2ccccc2)N1c1ccccc1. The molecule has 3 nitrogen and oxygen atoms in total. The Morgan fingerprint density at radius 1 is 0.792 bits per heavy atom. The summed E-state index contributed by atoms with van der Waals surface area (Å²) in [5.74, 6) is 0. The number of para-hydroxylation sites is 2. The molecular weight excluding hydrogens is 296 g/mol. The molecule has 2 atom stereocenters. The van der Waals surface area contributed by atoms with Gasteiger partial charge in [-0.05, 0) is 23.8 Å². The predicted octanol–water partition coefficient (Wildman–Crippen LogP) is 4.18. The number of anilines is 2. The lowest BCUT2D eigenvalue weighted by molar-refractivity contribution is 0.158. The van der Waals surface area contributed by atoms with E-state index in [-0.39, 0.29) is 6.17 Å². The van der Waals surface area contributed by atoms with Crippen LogP contribution in [0.3, 0.4) is 0 Å². The van der Waals surface area contributed by atoms with Crippen LogP contribution in [0.4, 0.5) is 11.4 Å². The van der Waals surface area contributed by atoms with Gasteiger partial charge in [-0.2, -0.15) is 0 Å². The van der Waals surface area contributed by atoms with Gasteiger partial charge in [0.05, 0.1) is 0 Å². The number of hydrogen-bond acceptors (Lipinski definition) is 3. The summed E-state index contributed by atoms with van der Waals surface area (Å²) in [4.78, 5) is 2.05. The molecule has 3 aromatic carbocycles. The first kappa shape index (κ1) is 14.8. The molecule has 0 saturated carbocycles. The molecule has 1 heterocycles. The summed E-state index contributed by atoms with van der Waals surface area (Å²) in [6.45, 7) is 0. The van der Waals surface area contributed by atoms with Crippen LogP contribution >= 0.6 is 0 Å². The molecule has 3 aromatic rings. The fraction of sp³-hybridized carbons (Fsp3) is 0.143. The third-order valence-corrected chi connectivity index (χ3v) is 4.49. The number of rotatable bonds is 3. The zero-order valence-electron chi connectivity index (χ0n) is 13.3. The lowest BCUT2D eigenvalue weighted by atomic mass is 10.0. The highest BCUT2D eigenvalue weighted by Gasteiger charge is 2.32. The summed E-state index contributed by atoms with van der Waals surface area (Å²) in [6.07, 6.45) is 0.125. The molecule has 1 aliphatic rings. The number of aliphatic hydroxyl groups excluding tert-OH is 1. The topological polar surface area (TPSA) is 35.5 Å². The van der Waals surface area contributed by atoms with E-state index >= 15 is 0 Å². The maximum absolute atomic E-state index is 11.0. The van der Waals surface area contributed by atoms with Gasteiger partial charge in [0.2, 0.25) is 0 Å². The summed E-state index contributed by atoms with van der Waals surface area (Å²) in [5, 5.41) is 14.6. The van der Waals surface area contributed by atoms with E-state index in [9.17, 15) is 5.11 Å². The van der Waals surface area contributed by atoms with Gasteiger partial charge in [0, 0.05) is 23.4 Å². The molecule has 0 aliphatic carbocycles. The smallest absolute Gasteiger partial charge is 0.156 e. The normalized spacial score (nSPS) is 19.5. The second-order valence-electron chi connectivity index (χ2n) is 6.05. The summed E-state index contributed by atoms with van der Waals surface area (Å²) in [6, 6.07) is 28.4. The molecule has 0 spiro atoms. The van der Waals surface area contributed by atoms with Crippen molar-refractivity contribution >= 4 is 11.4 Å². The van der Waals surface area contributed by atoms with Gasteiger partial charge >= 0.3 is 0 Å². The highest BCUT2D eigenvalue weighted by atomic mass is 16.3. The van der Waals surface area contributed by atoms with E-state index in [0.29, 0.717) is 0 Å². The molecule has 4 rings (SSSR count). The van der Waals surface area contributed by atoms with Crippen LogP contribution < -0.4 is 10.2 Å². The van der Waals surface area contributed by atoms with Crippen molar-refractivity contribution in [3.63, 3.8) is 0 Å². The Morgan fingerprint density at radius 3 is 2.17 bits per heavy atom. The van der Waals surface area contributed by atoms with Crippen molar-refractivity contribution in [2.45, 2.75) is 18.8 Å². The van der Waals surface area contributed by atoms with E-state index in [2.05, 4.69) is 34.5 Å². The maximum atomic E-state index is 11.0. The lowest BCUT2D eigenvalue weighted by Gasteiger charge is -2.43. The van der Waals surface area contributed by atoms with Crippen LogP contribution in [-0.4, -0.2) is 11.3 Å². The Balaban J connectivity index is 1.74. The number of nitrogens with zero attached hydrogens (tertiary/aromatic N) is 1. The number of fused-ring (bicyclic) bond motifs is 1. The van der Waals surface area contributed by atoms with Gasteiger partial charge in [-0.1, -0.05) is 66.7 Å². The van der Waals surface area contributed by atoms with Crippen molar-refractivity contribution in [2.75, 3.05) is 10.2 Å². The molecule has 0 bridgehead atoms. The van der Waals surface area contributed by atoms with Crippen LogP contribution in [0.2, 0.25) is 0 Å². The second kappa shape index (κ2) is 6.38. The third-order valence-electron chi connectivity index (χ3n) is 4.49. The number of aliphatic hydroxyl groups is 1. The second-order valence-corrected chi connectivity index (χ2v) is 6.05. The Morgan fingerprint density at radius 2 is 1.42 bits per heavy atom. The van der Waals surface area contributed by atoms with Crippen LogP contribution in [0, 0.1) is 0 Å². The minimum atomic E-state index is -0.668. The van der Waals surface area contributed by atoms with E-state index in [1.165, 1.54) is 5.56 Å². The van der Waals surface area contributed by atoms with Crippen LogP contribution in [0.25, 0.3) is 0 Å². The zero-order valence-corrected chi connectivity index (χ0v) is 13.3. The van der Waals surface area contributed by atoms with Crippen molar-refractivity contribution in [2.24, 2.45) is 0 Å². The van der Waals surface area contributed by atoms with Gasteiger partial charge in [-0.25, -0.2) is 0 Å². The lowest BCUT2D eigenvalue weighted by Crippen LogP contribution is -2.48. The fourth-order valence-electron chi connectivity index (χ4n) is 3.33. The van der Waals surface area contributed by atoms with Crippen LogP contribution in [0.1, 0.15) is 17.4 Å². The number of nitrogens with one attached hydrogen (secondary N) is 1. The standard InChI is InChI=1S/C21H20N2O/c24-21-18-13-7-8-14-19(18)22-20(15-16-9-3-1-4-10-16)23(21)17-11-5-2-6-12-17/h1-14,20-22,24H,15H2. The fourth-order valence-corrected chi connectivity index (χ4v) is 3.33. The number of benzene rings is 3. The van der Waals surface area contributed by atoms with E-state index in [1.54, 1.807) is 0 Å². The minimum Gasteiger partial charge on any atom is -0.369 e. The molecule has 0 saturated heterocycles. The molecule has 24 heavy (non-hydrogen) atoms. The Labute approximate surface area is 142 Å². The van der Waals surface area contributed by atoms with Crippen molar-refractivity contribution in [1.82, 2.24) is 0 Å². The maximum Gasteiger partial charge on any atom is 0.156 e. The first-order valence-corrected chi connectivity index (χ1v) is 8.24. The minimum absolute atomic E-state index is 0.0142. The summed E-state index contributed by atoms with van der Waals surface area (Å²) in [7, 11) is 0. The van der Waals surface area contributed by atoms with Crippen LogP contribution in [0.15, 0.2) is 84.9 Å². The van der Waals surface area contributed by atoms with Gasteiger partial charge in [-0.15, -0.1) is 0 Å². The molecular formula is C21H20N2O. The molecule has 120 valence electrons. The zero-order chi connectivity index (χ0) is 16.4. The first-order chi connectivity index (χ1) is 11.8. The van der Waals surface area contributed by atoms with E-state index < -0.39 is 6.23 Å². The van der Waals surface area contributed by atoms with Crippen molar-refractivity contribution in [1.29, 1.82) is 0 Å². The Hall–Kier alpha value is -2.78. The van der Waals surface area contributed by atoms with Gasteiger partial charge in [0.15, 0.2) is 6.23 Å². The molecule has 2 N–H and O–H groups in total. The summed E-state index contributed by atoms with van der Waals surface area (Å²) < 4.78 is 0. The van der Waals surface area contributed by atoms with Crippen LogP contribution in [0.5, 0.6) is 0 Å². The third kappa shape index (κ3) is 2.74. The monoisotopic (exact) mass is 316 g/mol. The molecule has 2 unspecified atom stereocenters. The van der Waals surface area contributed by atoms with Gasteiger partial charge in [-0.3, -0.25) is 0 Å². The molecule has 0 amide bonds. The molecule has 0 fully saturated rings. The summed E-state index contributed by atoms with van der Waals surface area (Å²) in [5.41, 5.74) is 4.15. The molecule has 3 heteroatoms. The largest absolute Gasteiger partial charge is 0.369 e. The van der Waals surface area contributed by atoms with Crippen molar-refractivity contribution in [3.05, 3.63) is 96.1 Å². The molecule has 0 aromatic heterocycles.